The molecule has 0 saturated heterocycles. The molecule has 3 aromatic rings. The molecule has 0 bridgehead atoms. The SMILES string of the molecule is O=c1cc(-c2ccc(O)cc2)oc2ccc(CBr)cc12. The topological polar surface area (TPSA) is 50.4 Å². The molecule has 0 unspecified atom stereocenters. The van der Waals surface area contributed by atoms with Crippen LogP contribution in [0.1, 0.15) is 5.56 Å². The van der Waals surface area contributed by atoms with Crippen molar-refractivity contribution in [3.8, 4) is 17.1 Å². The van der Waals surface area contributed by atoms with Gasteiger partial charge in [0.2, 0.25) is 0 Å². The minimum Gasteiger partial charge on any atom is -0.508 e. The zero-order valence-electron chi connectivity index (χ0n) is 10.5. The number of fused-ring (bicyclic) bond motifs is 1. The number of alkyl halides is 1. The van der Waals surface area contributed by atoms with Crippen LogP contribution in [0.15, 0.2) is 57.7 Å². The van der Waals surface area contributed by atoms with Crippen molar-refractivity contribution >= 4 is 26.9 Å². The minimum atomic E-state index is -0.0721. The standard InChI is InChI=1S/C16H11BrO3/c17-9-10-1-6-15-13(7-10)14(19)8-16(20-15)11-2-4-12(18)5-3-11/h1-8,18H,9H2. The lowest BCUT2D eigenvalue weighted by atomic mass is 10.1. The second kappa shape index (κ2) is 5.13. The van der Waals surface area contributed by atoms with Crippen LogP contribution in [0.3, 0.4) is 0 Å². The van der Waals surface area contributed by atoms with Crippen molar-refractivity contribution in [1.29, 1.82) is 0 Å². The molecule has 0 saturated carbocycles. The summed E-state index contributed by atoms with van der Waals surface area (Å²) in [7, 11) is 0. The van der Waals surface area contributed by atoms with Crippen LogP contribution in [0.5, 0.6) is 5.75 Å². The molecule has 3 nitrogen and oxygen atoms in total. The lowest BCUT2D eigenvalue weighted by molar-refractivity contribution is 0.475. The fourth-order valence-corrected chi connectivity index (χ4v) is 2.40. The molecule has 0 fully saturated rings. The van der Waals surface area contributed by atoms with Gasteiger partial charge in [0.15, 0.2) is 5.43 Å². The predicted molar refractivity (Wildman–Crippen MR) is 82.2 cm³/mol. The largest absolute Gasteiger partial charge is 0.508 e. The summed E-state index contributed by atoms with van der Waals surface area (Å²) in [6.07, 6.45) is 0. The van der Waals surface area contributed by atoms with Crippen molar-refractivity contribution in [2.75, 3.05) is 0 Å². The first-order valence-corrected chi connectivity index (χ1v) is 7.22. The summed E-state index contributed by atoms with van der Waals surface area (Å²) in [5.41, 5.74) is 2.27. The van der Waals surface area contributed by atoms with Crippen molar-refractivity contribution < 1.29 is 9.52 Å². The summed E-state index contributed by atoms with van der Waals surface area (Å²) in [5.74, 6) is 0.674. The summed E-state index contributed by atoms with van der Waals surface area (Å²) in [5, 5.41) is 10.6. The van der Waals surface area contributed by atoms with E-state index in [-0.39, 0.29) is 11.2 Å². The van der Waals surface area contributed by atoms with Crippen LogP contribution < -0.4 is 5.43 Å². The number of rotatable bonds is 2. The second-order valence-corrected chi connectivity index (χ2v) is 5.05. The van der Waals surface area contributed by atoms with Gasteiger partial charge in [0.05, 0.1) is 5.39 Å². The van der Waals surface area contributed by atoms with Gasteiger partial charge in [-0.1, -0.05) is 22.0 Å². The molecule has 0 aliphatic carbocycles. The molecule has 1 aromatic heterocycles. The first-order valence-electron chi connectivity index (χ1n) is 6.09. The molecule has 0 radical (unpaired) electrons. The molecule has 2 aromatic carbocycles. The normalized spacial score (nSPS) is 10.8. The zero-order chi connectivity index (χ0) is 14.1. The summed E-state index contributed by atoms with van der Waals surface area (Å²) in [6, 6.07) is 13.6. The van der Waals surface area contributed by atoms with Gasteiger partial charge < -0.3 is 9.52 Å². The quantitative estimate of drug-likeness (QED) is 0.721. The van der Waals surface area contributed by atoms with Gasteiger partial charge in [-0.2, -0.15) is 0 Å². The summed E-state index contributed by atoms with van der Waals surface area (Å²) in [4.78, 5) is 12.2. The molecule has 3 rings (SSSR count). The summed E-state index contributed by atoms with van der Waals surface area (Å²) < 4.78 is 5.77. The Kier molecular flexibility index (Phi) is 3.32. The molecule has 0 atom stereocenters. The van der Waals surface area contributed by atoms with Crippen molar-refractivity contribution in [2.24, 2.45) is 0 Å². The third-order valence-electron chi connectivity index (χ3n) is 3.10. The molecular formula is C16H11BrO3. The van der Waals surface area contributed by atoms with Gasteiger partial charge in [-0.05, 0) is 42.0 Å². The molecule has 0 amide bonds. The van der Waals surface area contributed by atoms with E-state index in [1.165, 1.54) is 6.07 Å². The van der Waals surface area contributed by atoms with E-state index in [9.17, 15) is 9.90 Å². The molecular weight excluding hydrogens is 320 g/mol. The van der Waals surface area contributed by atoms with E-state index in [1.54, 1.807) is 30.3 Å². The number of hydrogen-bond acceptors (Lipinski definition) is 3. The Bertz CT molecular complexity index is 819. The Hall–Kier alpha value is -2.07. The average molecular weight is 331 g/mol. The smallest absolute Gasteiger partial charge is 0.193 e. The molecule has 1 N–H and O–H groups in total. The molecule has 100 valence electrons. The Morgan fingerprint density at radius 3 is 2.50 bits per heavy atom. The number of phenols is 1. The number of halogens is 1. The maximum Gasteiger partial charge on any atom is 0.193 e. The second-order valence-electron chi connectivity index (χ2n) is 4.49. The van der Waals surface area contributed by atoms with E-state index in [0.29, 0.717) is 22.1 Å². The van der Waals surface area contributed by atoms with Gasteiger partial charge in [-0.3, -0.25) is 4.79 Å². The third-order valence-corrected chi connectivity index (χ3v) is 3.75. The maximum absolute atomic E-state index is 12.2. The van der Waals surface area contributed by atoms with Gasteiger partial charge in [-0.15, -0.1) is 0 Å². The van der Waals surface area contributed by atoms with Crippen molar-refractivity contribution in [2.45, 2.75) is 5.33 Å². The van der Waals surface area contributed by atoms with Crippen LogP contribution in [0.2, 0.25) is 0 Å². The first kappa shape index (κ1) is 12.9. The lowest BCUT2D eigenvalue weighted by Gasteiger charge is -2.04. The Balaban J connectivity index is 2.19. The monoisotopic (exact) mass is 330 g/mol. The molecule has 0 aliphatic heterocycles. The van der Waals surface area contributed by atoms with Crippen molar-refractivity contribution in [3.63, 3.8) is 0 Å². The third kappa shape index (κ3) is 2.34. The van der Waals surface area contributed by atoms with Crippen LogP contribution in [-0.2, 0) is 5.33 Å². The fraction of sp³-hybridized carbons (Fsp3) is 0.0625. The van der Waals surface area contributed by atoms with E-state index in [2.05, 4.69) is 15.9 Å². The molecule has 0 spiro atoms. The number of aromatic hydroxyl groups is 1. The predicted octanol–water partition coefficient (Wildman–Crippen LogP) is 4.06. The fourth-order valence-electron chi connectivity index (χ4n) is 2.05. The summed E-state index contributed by atoms with van der Waals surface area (Å²) in [6.45, 7) is 0. The number of phenolic OH excluding ortho intramolecular Hbond substituents is 1. The molecule has 20 heavy (non-hydrogen) atoms. The van der Waals surface area contributed by atoms with Crippen LogP contribution in [0.4, 0.5) is 0 Å². The van der Waals surface area contributed by atoms with Gasteiger partial charge in [0.1, 0.15) is 17.1 Å². The van der Waals surface area contributed by atoms with E-state index in [0.717, 1.165) is 11.1 Å². The van der Waals surface area contributed by atoms with Crippen LogP contribution >= 0.6 is 15.9 Å². The number of hydrogen-bond donors (Lipinski definition) is 1. The van der Waals surface area contributed by atoms with E-state index in [1.807, 2.05) is 12.1 Å². The highest BCUT2D eigenvalue weighted by Crippen LogP contribution is 2.24. The Morgan fingerprint density at radius 2 is 1.80 bits per heavy atom. The van der Waals surface area contributed by atoms with Crippen LogP contribution in [-0.4, -0.2) is 5.11 Å². The average Bonchev–Trinajstić information content (AvgIpc) is 2.47. The highest BCUT2D eigenvalue weighted by Gasteiger charge is 2.07. The maximum atomic E-state index is 12.2. The molecule has 0 aliphatic rings. The summed E-state index contributed by atoms with van der Waals surface area (Å²) >= 11 is 3.37. The van der Waals surface area contributed by atoms with E-state index >= 15 is 0 Å². The van der Waals surface area contributed by atoms with Gasteiger partial charge in [-0.25, -0.2) is 0 Å². The Labute approximate surface area is 123 Å². The van der Waals surface area contributed by atoms with Crippen LogP contribution in [0, 0.1) is 0 Å². The Morgan fingerprint density at radius 1 is 1.05 bits per heavy atom. The minimum absolute atomic E-state index is 0.0721. The first-order chi connectivity index (χ1) is 9.67. The highest BCUT2D eigenvalue weighted by molar-refractivity contribution is 9.08. The van der Waals surface area contributed by atoms with E-state index < -0.39 is 0 Å². The van der Waals surface area contributed by atoms with Gasteiger partial charge in [0, 0.05) is 17.0 Å². The van der Waals surface area contributed by atoms with E-state index in [4.69, 9.17) is 4.42 Å². The molecule has 4 heteroatoms. The lowest BCUT2D eigenvalue weighted by Crippen LogP contribution is -2.00. The van der Waals surface area contributed by atoms with Crippen molar-refractivity contribution in [3.05, 3.63) is 64.3 Å². The van der Waals surface area contributed by atoms with Crippen molar-refractivity contribution in [1.82, 2.24) is 0 Å². The van der Waals surface area contributed by atoms with Gasteiger partial charge in [0.25, 0.3) is 0 Å². The molecule has 1 heterocycles. The zero-order valence-corrected chi connectivity index (χ0v) is 12.1. The number of benzene rings is 2. The van der Waals surface area contributed by atoms with Crippen LogP contribution in [0.25, 0.3) is 22.3 Å². The highest BCUT2D eigenvalue weighted by atomic mass is 79.9. The van der Waals surface area contributed by atoms with Gasteiger partial charge >= 0.3 is 0 Å².